The van der Waals surface area contributed by atoms with Gasteiger partial charge in [0.1, 0.15) is 5.84 Å². The highest BCUT2D eigenvalue weighted by atomic mass is 127. The van der Waals surface area contributed by atoms with Gasteiger partial charge in [0.2, 0.25) is 0 Å². The molecule has 0 fully saturated rings. The first-order chi connectivity index (χ1) is 12.6. The summed E-state index contributed by atoms with van der Waals surface area (Å²) in [4.78, 5) is 23.7. The summed E-state index contributed by atoms with van der Waals surface area (Å²) in [7, 11) is 0. The number of halogens is 2. The Kier molecular flexibility index (Phi) is 4.86. The van der Waals surface area contributed by atoms with Crippen molar-refractivity contribution < 1.29 is 4.79 Å². The molecule has 0 radical (unpaired) electrons. The maximum atomic E-state index is 12.6. The predicted octanol–water partition coefficient (Wildman–Crippen LogP) is 5.10. The van der Waals surface area contributed by atoms with Crippen LogP contribution in [0.1, 0.15) is 21.5 Å². The van der Waals surface area contributed by atoms with Crippen molar-refractivity contribution in [3.05, 3.63) is 91.6 Å². The third-order valence-electron chi connectivity index (χ3n) is 4.08. The quantitative estimate of drug-likeness (QED) is 0.494. The van der Waals surface area contributed by atoms with E-state index < -0.39 is 0 Å². The van der Waals surface area contributed by atoms with Crippen molar-refractivity contribution in [1.82, 2.24) is 4.90 Å². The first-order valence-electron chi connectivity index (χ1n) is 7.98. The number of rotatable bonds is 1. The van der Waals surface area contributed by atoms with E-state index in [2.05, 4.69) is 59.6 Å². The summed E-state index contributed by atoms with van der Waals surface area (Å²) in [6, 6.07) is 15.1. The minimum Gasteiger partial charge on any atom is -0.327 e. The highest BCUT2D eigenvalue weighted by Gasteiger charge is 2.21. The van der Waals surface area contributed by atoms with Gasteiger partial charge in [0, 0.05) is 31.9 Å². The SMILES string of the molecule is O=C(N=C1N=C2C=CC(I)=CN2Cc2ccccc21)c1ccc(Br)cc1. The van der Waals surface area contributed by atoms with E-state index in [-0.39, 0.29) is 5.91 Å². The van der Waals surface area contributed by atoms with Crippen molar-refractivity contribution in [2.45, 2.75) is 6.54 Å². The van der Waals surface area contributed by atoms with E-state index >= 15 is 0 Å². The molecule has 2 heterocycles. The molecule has 0 bridgehead atoms. The number of carbonyl (C=O) groups excluding carboxylic acids is 1. The van der Waals surface area contributed by atoms with Crippen LogP contribution >= 0.6 is 38.5 Å². The number of aliphatic imine (C=N–C) groups is 2. The molecule has 2 aliphatic rings. The highest BCUT2D eigenvalue weighted by Crippen LogP contribution is 2.24. The van der Waals surface area contributed by atoms with Gasteiger partial charge in [-0.15, -0.1) is 0 Å². The molecule has 0 spiro atoms. The number of hydrogen-bond donors (Lipinski definition) is 0. The van der Waals surface area contributed by atoms with Crippen molar-refractivity contribution in [3.8, 4) is 0 Å². The number of fused-ring (bicyclic) bond motifs is 2. The molecule has 1 amide bonds. The van der Waals surface area contributed by atoms with Crippen LogP contribution in [-0.2, 0) is 6.54 Å². The topological polar surface area (TPSA) is 45.0 Å². The molecule has 2 aromatic carbocycles. The third-order valence-corrected chi connectivity index (χ3v) is 5.25. The Morgan fingerprint density at radius 3 is 2.69 bits per heavy atom. The Bertz CT molecular complexity index is 1010. The zero-order valence-electron chi connectivity index (χ0n) is 13.6. The highest BCUT2D eigenvalue weighted by molar-refractivity contribution is 14.1. The van der Waals surface area contributed by atoms with Crippen LogP contribution in [0.3, 0.4) is 0 Å². The molecule has 4 nitrogen and oxygen atoms in total. The Balaban J connectivity index is 1.80. The largest absolute Gasteiger partial charge is 0.327 e. The van der Waals surface area contributed by atoms with Crippen LogP contribution in [0.2, 0.25) is 0 Å². The molecule has 0 N–H and O–H groups in total. The zero-order valence-corrected chi connectivity index (χ0v) is 17.3. The molecule has 128 valence electrons. The molecule has 4 rings (SSSR count). The summed E-state index contributed by atoms with van der Waals surface area (Å²) in [6.45, 7) is 0.692. The van der Waals surface area contributed by atoms with Crippen molar-refractivity contribution in [1.29, 1.82) is 0 Å². The lowest BCUT2D eigenvalue weighted by Crippen LogP contribution is -2.24. The van der Waals surface area contributed by atoms with E-state index in [1.807, 2.05) is 48.6 Å². The van der Waals surface area contributed by atoms with Crippen LogP contribution in [0.4, 0.5) is 0 Å². The summed E-state index contributed by atoms with van der Waals surface area (Å²) in [5.41, 5.74) is 2.51. The summed E-state index contributed by atoms with van der Waals surface area (Å²) in [5.74, 6) is 0.926. The fourth-order valence-corrected chi connectivity index (χ4v) is 3.58. The molecule has 26 heavy (non-hydrogen) atoms. The molecule has 0 saturated carbocycles. The second kappa shape index (κ2) is 7.28. The fraction of sp³-hybridized carbons (Fsp3) is 0.0500. The van der Waals surface area contributed by atoms with Crippen molar-refractivity contribution in [2.75, 3.05) is 0 Å². The molecule has 2 aromatic rings. The minimum atomic E-state index is -0.301. The van der Waals surface area contributed by atoms with Crippen LogP contribution in [0.15, 0.2) is 84.9 Å². The molecule has 2 aliphatic heterocycles. The smallest absolute Gasteiger partial charge is 0.279 e. The number of amidine groups is 2. The van der Waals surface area contributed by atoms with Gasteiger partial charge in [0.25, 0.3) is 5.91 Å². The third kappa shape index (κ3) is 3.57. The van der Waals surface area contributed by atoms with Crippen molar-refractivity contribution >= 4 is 56.1 Å². The van der Waals surface area contributed by atoms with Gasteiger partial charge in [-0.1, -0.05) is 40.2 Å². The van der Waals surface area contributed by atoms with Gasteiger partial charge >= 0.3 is 0 Å². The number of benzene rings is 2. The average molecular weight is 518 g/mol. The van der Waals surface area contributed by atoms with E-state index in [1.165, 1.54) is 0 Å². The maximum Gasteiger partial charge on any atom is 0.279 e. The van der Waals surface area contributed by atoms with Crippen LogP contribution in [0.25, 0.3) is 0 Å². The lowest BCUT2D eigenvalue weighted by atomic mass is 10.1. The monoisotopic (exact) mass is 517 g/mol. The Hall–Kier alpha value is -2.06. The van der Waals surface area contributed by atoms with Gasteiger partial charge < -0.3 is 4.90 Å². The predicted molar refractivity (Wildman–Crippen MR) is 116 cm³/mol. The molecule has 0 unspecified atom stereocenters. The summed E-state index contributed by atoms with van der Waals surface area (Å²) in [5, 5.41) is 0. The number of hydrogen-bond acceptors (Lipinski definition) is 2. The van der Waals surface area contributed by atoms with Gasteiger partial charge in [-0.3, -0.25) is 4.79 Å². The van der Waals surface area contributed by atoms with Gasteiger partial charge in [-0.25, -0.2) is 4.99 Å². The van der Waals surface area contributed by atoms with Gasteiger partial charge in [0.05, 0.1) is 0 Å². The Morgan fingerprint density at radius 1 is 1.12 bits per heavy atom. The van der Waals surface area contributed by atoms with Crippen molar-refractivity contribution in [2.24, 2.45) is 9.98 Å². The van der Waals surface area contributed by atoms with Crippen LogP contribution in [0, 0.1) is 0 Å². The molecule has 0 aromatic heterocycles. The van der Waals surface area contributed by atoms with E-state index in [0.29, 0.717) is 17.9 Å². The zero-order chi connectivity index (χ0) is 18.1. The van der Waals surface area contributed by atoms with E-state index in [1.54, 1.807) is 12.1 Å². The first kappa shape index (κ1) is 17.4. The number of allylic oxidation sites excluding steroid dienone is 2. The average Bonchev–Trinajstić information content (AvgIpc) is 2.78. The van der Waals surface area contributed by atoms with E-state index in [0.717, 1.165) is 25.0 Å². The normalized spacial score (nSPS) is 17.2. The number of nitrogens with zero attached hydrogens (tertiary/aromatic N) is 3. The summed E-state index contributed by atoms with van der Waals surface area (Å²) in [6.07, 6.45) is 6.00. The molecule has 0 saturated heterocycles. The van der Waals surface area contributed by atoms with E-state index in [9.17, 15) is 4.79 Å². The number of amides is 1. The second-order valence-electron chi connectivity index (χ2n) is 5.85. The molecule has 0 atom stereocenters. The molecule has 0 aliphatic carbocycles. The van der Waals surface area contributed by atoms with Gasteiger partial charge in [-0.05, 0) is 64.6 Å². The number of carbonyl (C=O) groups is 1. The minimum absolute atomic E-state index is 0.301. The fourth-order valence-electron chi connectivity index (χ4n) is 2.80. The van der Waals surface area contributed by atoms with Crippen LogP contribution in [0.5, 0.6) is 0 Å². The van der Waals surface area contributed by atoms with Crippen molar-refractivity contribution in [3.63, 3.8) is 0 Å². The van der Waals surface area contributed by atoms with E-state index in [4.69, 9.17) is 0 Å². The first-order valence-corrected chi connectivity index (χ1v) is 9.85. The molecule has 6 heteroatoms. The second-order valence-corrected chi connectivity index (χ2v) is 8.01. The Morgan fingerprint density at radius 2 is 1.88 bits per heavy atom. The molecular formula is C20H13BrIN3O. The summed E-state index contributed by atoms with van der Waals surface area (Å²) < 4.78 is 2.05. The Labute approximate surface area is 173 Å². The van der Waals surface area contributed by atoms with Crippen LogP contribution in [-0.4, -0.2) is 22.5 Å². The molecular weight excluding hydrogens is 505 g/mol. The summed E-state index contributed by atoms with van der Waals surface area (Å²) >= 11 is 5.66. The standard InChI is InChI=1S/C20H13BrIN3O/c21-15-7-5-13(6-8-15)20(26)24-19-17-4-2-1-3-14(17)11-25-12-16(22)9-10-18(25)23-19/h1-10,12H,11H2. The van der Waals surface area contributed by atoms with Gasteiger partial charge in [-0.2, -0.15) is 4.99 Å². The van der Waals surface area contributed by atoms with Crippen LogP contribution < -0.4 is 0 Å². The maximum absolute atomic E-state index is 12.6. The lowest BCUT2D eigenvalue weighted by Gasteiger charge is -2.21. The lowest BCUT2D eigenvalue weighted by molar-refractivity contribution is 0.100. The van der Waals surface area contributed by atoms with Gasteiger partial charge in [0.15, 0.2) is 5.84 Å².